The Labute approximate surface area is 142 Å². The second-order valence-electron chi connectivity index (χ2n) is 6.83. The van der Waals surface area contributed by atoms with E-state index in [-0.39, 0.29) is 5.04 Å². The van der Waals surface area contributed by atoms with Crippen LogP contribution in [0.3, 0.4) is 0 Å². The summed E-state index contributed by atoms with van der Waals surface area (Å²) in [5, 5.41) is 16.6. The summed E-state index contributed by atoms with van der Waals surface area (Å²) in [4.78, 5) is 22.8. The van der Waals surface area contributed by atoms with Crippen LogP contribution in [0.5, 0.6) is 0 Å². The number of hydrogen-bond donors (Lipinski definition) is 2. The zero-order chi connectivity index (χ0) is 17.8. The van der Waals surface area contributed by atoms with Gasteiger partial charge >= 0.3 is 11.9 Å². The van der Waals surface area contributed by atoms with Crippen LogP contribution in [-0.2, 0) is 20.6 Å². The van der Waals surface area contributed by atoms with Gasteiger partial charge in [-0.1, -0.05) is 50.7 Å². The predicted octanol–water partition coefficient (Wildman–Crippen LogP) is 3.84. The molecule has 0 unspecified atom stereocenters. The average Bonchev–Trinajstić information content (AvgIpc) is 2.41. The maximum absolute atomic E-state index is 11.1. The standard InChI is InChI=1S/C16H24O5SSi/c1-16(2,3)23(4,5)21-10-11-8-6-7-9-12(11)22-13(14(17)18)15(19)20/h6-9,13H,10H2,1-5H3,(H,17,18)(H,19,20). The van der Waals surface area contributed by atoms with Crippen molar-refractivity contribution < 1.29 is 24.2 Å². The third-order valence-electron chi connectivity index (χ3n) is 4.06. The Hall–Kier alpha value is -1.31. The maximum Gasteiger partial charge on any atom is 0.328 e. The highest BCUT2D eigenvalue weighted by Crippen LogP contribution is 2.38. The molecular formula is C16H24O5SSi. The molecule has 0 atom stereocenters. The summed E-state index contributed by atoms with van der Waals surface area (Å²) < 4.78 is 6.15. The molecule has 7 heteroatoms. The highest BCUT2D eigenvalue weighted by molar-refractivity contribution is 8.01. The van der Waals surface area contributed by atoms with Crippen LogP contribution in [0.4, 0.5) is 0 Å². The topological polar surface area (TPSA) is 83.8 Å². The largest absolute Gasteiger partial charge is 0.480 e. The summed E-state index contributed by atoms with van der Waals surface area (Å²) in [6.45, 7) is 11.1. The van der Waals surface area contributed by atoms with Gasteiger partial charge in [0.2, 0.25) is 5.25 Å². The van der Waals surface area contributed by atoms with E-state index in [9.17, 15) is 9.59 Å². The Morgan fingerprint density at radius 2 is 1.70 bits per heavy atom. The van der Waals surface area contributed by atoms with Crippen molar-refractivity contribution in [1.82, 2.24) is 0 Å². The van der Waals surface area contributed by atoms with E-state index in [0.29, 0.717) is 11.5 Å². The molecule has 0 aromatic heterocycles. The third-order valence-corrected chi connectivity index (χ3v) is 9.83. The maximum atomic E-state index is 11.1. The quantitative estimate of drug-likeness (QED) is 0.439. The highest BCUT2D eigenvalue weighted by Gasteiger charge is 2.37. The number of rotatable bonds is 7. The predicted molar refractivity (Wildman–Crippen MR) is 93.3 cm³/mol. The van der Waals surface area contributed by atoms with Crippen LogP contribution < -0.4 is 0 Å². The van der Waals surface area contributed by atoms with E-state index in [4.69, 9.17) is 14.6 Å². The Kier molecular flexibility index (Phi) is 6.44. The SMILES string of the molecule is CC(C)(C)[Si](C)(C)OCc1ccccc1SC(C(=O)O)C(=O)O. The van der Waals surface area contributed by atoms with Crippen molar-refractivity contribution in [3.63, 3.8) is 0 Å². The first-order valence-electron chi connectivity index (χ1n) is 7.30. The summed E-state index contributed by atoms with van der Waals surface area (Å²) in [5.74, 6) is -2.72. The van der Waals surface area contributed by atoms with Gasteiger partial charge in [0.25, 0.3) is 0 Å². The molecule has 0 amide bonds. The van der Waals surface area contributed by atoms with Crippen molar-refractivity contribution in [2.45, 2.75) is 55.7 Å². The van der Waals surface area contributed by atoms with Crippen LogP contribution in [0.15, 0.2) is 29.2 Å². The minimum atomic E-state index is -1.94. The van der Waals surface area contributed by atoms with E-state index in [0.717, 1.165) is 17.3 Å². The molecule has 1 rings (SSSR count). The monoisotopic (exact) mass is 356 g/mol. The minimum absolute atomic E-state index is 0.0692. The van der Waals surface area contributed by atoms with Crippen molar-refractivity contribution in [1.29, 1.82) is 0 Å². The number of carboxylic acid groups (broad SMARTS) is 2. The van der Waals surface area contributed by atoms with Crippen LogP contribution >= 0.6 is 11.8 Å². The summed E-state index contributed by atoms with van der Waals surface area (Å²) >= 11 is 0.826. The molecule has 5 nitrogen and oxygen atoms in total. The van der Waals surface area contributed by atoms with E-state index in [1.54, 1.807) is 12.1 Å². The molecular weight excluding hydrogens is 332 g/mol. The molecule has 0 heterocycles. The molecule has 128 valence electrons. The second kappa shape index (κ2) is 7.50. The van der Waals surface area contributed by atoms with Crippen LogP contribution in [-0.4, -0.2) is 35.7 Å². The fourth-order valence-corrected chi connectivity index (χ4v) is 3.39. The van der Waals surface area contributed by atoms with Gasteiger partial charge in [0, 0.05) is 4.90 Å². The van der Waals surface area contributed by atoms with E-state index < -0.39 is 25.5 Å². The number of hydrogen-bond acceptors (Lipinski definition) is 4. The van der Waals surface area contributed by atoms with Gasteiger partial charge in [0.1, 0.15) is 0 Å². The molecule has 0 fully saturated rings. The van der Waals surface area contributed by atoms with E-state index >= 15 is 0 Å². The number of aliphatic carboxylic acids is 2. The molecule has 0 saturated heterocycles. The van der Waals surface area contributed by atoms with Gasteiger partial charge in [0.05, 0.1) is 6.61 Å². The van der Waals surface area contributed by atoms with Crippen molar-refractivity contribution in [2.75, 3.05) is 0 Å². The first-order chi connectivity index (χ1) is 10.5. The molecule has 0 radical (unpaired) electrons. The van der Waals surface area contributed by atoms with Crippen LogP contribution in [0, 0.1) is 0 Å². The van der Waals surface area contributed by atoms with Gasteiger partial charge < -0.3 is 14.6 Å². The number of carboxylic acids is 2. The van der Waals surface area contributed by atoms with Gasteiger partial charge in [-0.25, -0.2) is 0 Å². The van der Waals surface area contributed by atoms with E-state index in [1.807, 2.05) is 12.1 Å². The molecule has 0 saturated carbocycles. The fraction of sp³-hybridized carbons (Fsp3) is 0.500. The van der Waals surface area contributed by atoms with Crippen molar-refractivity contribution in [2.24, 2.45) is 0 Å². The van der Waals surface area contributed by atoms with Crippen LogP contribution in [0.1, 0.15) is 26.3 Å². The van der Waals surface area contributed by atoms with Gasteiger partial charge in [-0.15, -0.1) is 0 Å². The minimum Gasteiger partial charge on any atom is -0.480 e. The zero-order valence-corrected chi connectivity index (χ0v) is 15.9. The molecule has 0 spiro atoms. The highest BCUT2D eigenvalue weighted by atomic mass is 32.2. The van der Waals surface area contributed by atoms with Crippen LogP contribution in [0.25, 0.3) is 0 Å². The molecule has 23 heavy (non-hydrogen) atoms. The first kappa shape index (κ1) is 19.7. The number of benzene rings is 1. The zero-order valence-electron chi connectivity index (χ0n) is 14.1. The lowest BCUT2D eigenvalue weighted by atomic mass is 10.2. The lowest BCUT2D eigenvalue weighted by Crippen LogP contribution is -2.40. The Balaban J connectivity index is 2.94. The van der Waals surface area contributed by atoms with Gasteiger partial charge in [-0.05, 0) is 29.8 Å². The molecule has 2 N–H and O–H groups in total. The van der Waals surface area contributed by atoms with Gasteiger partial charge in [-0.2, -0.15) is 0 Å². The van der Waals surface area contributed by atoms with Crippen molar-refractivity contribution in [3.05, 3.63) is 29.8 Å². The summed E-state index contributed by atoms with van der Waals surface area (Å²) in [6.07, 6.45) is 0. The smallest absolute Gasteiger partial charge is 0.328 e. The number of carbonyl (C=O) groups is 2. The van der Waals surface area contributed by atoms with Crippen LogP contribution in [0.2, 0.25) is 18.1 Å². The molecule has 0 aliphatic heterocycles. The summed E-state index contributed by atoms with van der Waals surface area (Å²) in [5.41, 5.74) is 0.815. The summed E-state index contributed by atoms with van der Waals surface area (Å²) in [7, 11) is -1.94. The van der Waals surface area contributed by atoms with Gasteiger partial charge in [-0.3, -0.25) is 9.59 Å². The van der Waals surface area contributed by atoms with Crippen molar-refractivity contribution >= 4 is 32.0 Å². The van der Waals surface area contributed by atoms with E-state index in [1.165, 1.54) is 0 Å². The lowest BCUT2D eigenvalue weighted by Gasteiger charge is -2.36. The van der Waals surface area contributed by atoms with Crippen molar-refractivity contribution in [3.8, 4) is 0 Å². The second-order valence-corrected chi connectivity index (χ2v) is 12.8. The third kappa shape index (κ3) is 5.37. The first-order valence-corrected chi connectivity index (χ1v) is 11.1. The normalized spacial score (nSPS) is 12.4. The van der Waals surface area contributed by atoms with Gasteiger partial charge in [0.15, 0.2) is 8.32 Å². The van der Waals surface area contributed by atoms with E-state index in [2.05, 4.69) is 33.9 Å². The Morgan fingerprint density at radius 3 is 2.17 bits per heavy atom. The average molecular weight is 357 g/mol. The molecule has 0 bridgehead atoms. The Morgan fingerprint density at radius 1 is 1.17 bits per heavy atom. The Bertz CT molecular complexity index is 566. The molecule has 0 aliphatic rings. The fourth-order valence-electron chi connectivity index (χ4n) is 1.55. The molecule has 1 aromatic rings. The summed E-state index contributed by atoms with van der Waals surface area (Å²) in [6, 6.07) is 7.17. The molecule has 0 aliphatic carbocycles. The number of thioether (sulfide) groups is 1. The lowest BCUT2D eigenvalue weighted by molar-refractivity contribution is -0.146. The molecule has 1 aromatic carbocycles.